The van der Waals surface area contributed by atoms with Crippen molar-refractivity contribution >= 4 is 41.5 Å². The molecule has 0 aliphatic rings. The summed E-state index contributed by atoms with van der Waals surface area (Å²) in [6.45, 7) is 6.30. The van der Waals surface area contributed by atoms with E-state index in [4.69, 9.17) is 28.9 Å². The van der Waals surface area contributed by atoms with Crippen molar-refractivity contribution in [3.05, 3.63) is 33.8 Å². The first-order valence-electron chi connectivity index (χ1n) is 5.78. The van der Waals surface area contributed by atoms with Gasteiger partial charge in [0, 0.05) is 11.6 Å². The molecule has 0 bridgehead atoms. The molecule has 0 saturated carbocycles. The van der Waals surface area contributed by atoms with Crippen LogP contribution in [0.25, 0.3) is 0 Å². The van der Waals surface area contributed by atoms with Gasteiger partial charge in [0.05, 0.1) is 16.1 Å². The third kappa shape index (κ3) is 4.53. The lowest BCUT2D eigenvalue weighted by atomic mass is 9.88. The lowest BCUT2D eigenvalue weighted by Gasteiger charge is -2.33. The summed E-state index contributed by atoms with van der Waals surface area (Å²) in [5.41, 5.74) is 5.67. The molecule has 1 amide bonds. The summed E-state index contributed by atoms with van der Waals surface area (Å²) in [5, 5.41) is 3.77. The Labute approximate surface area is 130 Å². The molecular formula is C13H19Cl3N2O. The van der Waals surface area contributed by atoms with Crippen LogP contribution in [0.5, 0.6) is 0 Å². The molecule has 0 radical (unpaired) electrons. The topological polar surface area (TPSA) is 55.1 Å². The van der Waals surface area contributed by atoms with Crippen LogP contribution in [-0.2, 0) is 0 Å². The van der Waals surface area contributed by atoms with Gasteiger partial charge in [0.25, 0.3) is 5.91 Å². The average molecular weight is 326 g/mol. The van der Waals surface area contributed by atoms with Crippen LogP contribution in [0.2, 0.25) is 10.0 Å². The largest absolute Gasteiger partial charge is 0.345 e. The van der Waals surface area contributed by atoms with Crippen molar-refractivity contribution in [3.63, 3.8) is 0 Å². The molecule has 19 heavy (non-hydrogen) atoms. The first kappa shape index (κ1) is 18.5. The molecule has 0 fully saturated rings. The van der Waals surface area contributed by atoms with Crippen molar-refractivity contribution in [1.82, 2.24) is 5.32 Å². The number of carbonyl (C=O) groups is 1. The summed E-state index contributed by atoms with van der Waals surface area (Å²) in [5.74, 6) is -0.0177. The predicted molar refractivity (Wildman–Crippen MR) is 83.5 cm³/mol. The molecule has 0 aromatic heterocycles. The fourth-order valence-electron chi connectivity index (χ4n) is 1.43. The molecule has 0 spiro atoms. The Kier molecular flexibility index (Phi) is 7.16. The van der Waals surface area contributed by atoms with Crippen molar-refractivity contribution in [1.29, 1.82) is 0 Å². The van der Waals surface area contributed by atoms with Gasteiger partial charge in [-0.3, -0.25) is 4.79 Å². The van der Waals surface area contributed by atoms with Gasteiger partial charge in [0.15, 0.2) is 0 Å². The third-order valence-electron chi connectivity index (χ3n) is 3.27. The molecule has 0 aliphatic heterocycles. The Hall–Kier alpha value is -0.480. The van der Waals surface area contributed by atoms with E-state index < -0.39 is 5.54 Å². The Morgan fingerprint density at radius 2 is 2.00 bits per heavy atom. The normalized spacial score (nSPS) is 13.6. The van der Waals surface area contributed by atoms with Gasteiger partial charge in [-0.25, -0.2) is 0 Å². The molecule has 1 unspecified atom stereocenters. The number of benzene rings is 1. The number of hydrogen-bond acceptors (Lipinski definition) is 2. The number of nitrogens with two attached hydrogens (primary N) is 1. The summed E-state index contributed by atoms with van der Waals surface area (Å²) in [7, 11) is 0. The van der Waals surface area contributed by atoms with E-state index in [2.05, 4.69) is 5.32 Å². The second-order valence-electron chi connectivity index (χ2n) is 4.85. The van der Waals surface area contributed by atoms with Crippen LogP contribution in [0.15, 0.2) is 18.2 Å². The quantitative estimate of drug-likeness (QED) is 0.890. The average Bonchev–Trinajstić information content (AvgIpc) is 2.28. The number of amides is 1. The molecule has 0 aliphatic carbocycles. The van der Waals surface area contributed by atoms with Crippen LogP contribution in [-0.4, -0.2) is 18.0 Å². The molecule has 1 rings (SSSR count). The second-order valence-corrected chi connectivity index (χ2v) is 5.70. The van der Waals surface area contributed by atoms with Gasteiger partial charge < -0.3 is 11.1 Å². The Morgan fingerprint density at radius 3 is 2.42 bits per heavy atom. The predicted octanol–water partition coefficient (Wildman–Crippen LogP) is 3.52. The molecule has 0 heterocycles. The zero-order valence-corrected chi connectivity index (χ0v) is 13.5. The van der Waals surface area contributed by atoms with Gasteiger partial charge in [-0.15, -0.1) is 12.4 Å². The molecule has 0 saturated heterocycles. The maximum atomic E-state index is 12.2. The van der Waals surface area contributed by atoms with Crippen LogP contribution < -0.4 is 11.1 Å². The number of carbonyl (C=O) groups excluding carboxylic acids is 1. The zero-order valence-electron chi connectivity index (χ0n) is 11.2. The summed E-state index contributed by atoms with van der Waals surface area (Å²) >= 11 is 11.8. The van der Waals surface area contributed by atoms with Crippen molar-refractivity contribution in [3.8, 4) is 0 Å². The van der Waals surface area contributed by atoms with Gasteiger partial charge in [-0.05, 0) is 31.0 Å². The third-order valence-corrected chi connectivity index (χ3v) is 3.82. The Balaban J connectivity index is 0.00000324. The zero-order chi connectivity index (χ0) is 13.9. The van der Waals surface area contributed by atoms with E-state index >= 15 is 0 Å². The number of nitrogens with one attached hydrogen (secondary N) is 1. The van der Waals surface area contributed by atoms with Crippen molar-refractivity contribution in [2.45, 2.75) is 26.3 Å². The van der Waals surface area contributed by atoms with Gasteiger partial charge in [-0.1, -0.05) is 37.0 Å². The number of hydrogen-bond donors (Lipinski definition) is 2. The highest BCUT2D eigenvalue weighted by atomic mass is 35.5. The second kappa shape index (κ2) is 7.34. The van der Waals surface area contributed by atoms with Crippen LogP contribution in [0.3, 0.4) is 0 Å². The molecule has 3 N–H and O–H groups in total. The highest BCUT2D eigenvalue weighted by molar-refractivity contribution is 6.36. The summed E-state index contributed by atoms with van der Waals surface area (Å²) in [6.07, 6.45) is 0. The minimum atomic E-state index is -0.458. The maximum absolute atomic E-state index is 12.2. The summed E-state index contributed by atoms with van der Waals surface area (Å²) in [4.78, 5) is 12.2. The Bertz CT molecular complexity index is 452. The monoisotopic (exact) mass is 324 g/mol. The fraction of sp³-hybridized carbons (Fsp3) is 0.462. The van der Waals surface area contributed by atoms with Gasteiger partial charge in [-0.2, -0.15) is 0 Å². The van der Waals surface area contributed by atoms with E-state index in [1.54, 1.807) is 18.2 Å². The van der Waals surface area contributed by atoms with Gasteiger partial charge in [0.2, 0.25) is 0 Å². The van der Waals surface area contributed by atoms with E-state index in [0.717, 1.165) is 0 Å². The fourth-order valence-corrected chi connectivity index (χ4v) is 1.93. The van der Waals surface area contributed by atoms with Crippen LogP contribution in [0.1, 0.15) is 31.1 Å². The summed E-state index contributed by atoms with van der Waals surface area (Å²) < 4.78 is 0. The number of halogens is 3. The van der Waals surface area contributed by atoms with Crippen molar-refractivity contribution in [2.75, 3.05) is 6.54 Å². The molecule has 6 heteroatoms. The first-order valence-corrected chi connectivity index (χ1v) is 6.53. The van der Waals surface area contributed by atoms with Crippen LogP contribution in [0, 0.1) is 5.92 Å². The van der Waals surface area contributed by atoms with Crippen molar-refractivity contribution in [2.24, 2.45) is 11.7 Å². The van der Waals surface area contributed by atoms with E-state index in [0.29, 0.717) is 22.2 Å². The number of rotatable bonds is 4. The van der Waals surface area contributed by atoms with Gasteiger partial charge in [0.1, 0.15) is 0 Å². The lowest BCUT2D eigenvalue weighted by Crippen LogP contribution is -2.55. The van der Waals surface area contributed by atoms with Crippen LogP contribution in [0.4, 0.5) is 0 Å². The molecule has 1 atom stereocenters. The SMILES string of the molecule is CC(C)C(C)(CN)NC(=O)c1ccc(Cl)cc1Cl.Cl. The summed E-state index contributed by atoms with van der Waals surface area (Å²) in [6, 6.07) is 4.79. The molecule has 1 aromatic rings. The molecular weight excluding hydrogens is 307 g/mol. The van der Waals surface area contributed by atoms with Crippen LogP contribution >= 0.6 is 35.6 Å². The molecule has 1 aromatic carbocycles. The van der Waals surface area contributed by atoms with E-state index in [1.807, 2.05) is 20.8 Å². The maximum Gasteiger partial charge on any atom is 0.253 e. The highest BCUT2D eigenvalue weighted by Gasteiger charge is 2.29. The standard InChI is InChI=1S/C13H18Cl2N2O.ClH/c1-8(2)13(3,7-16)17-12(18)10-5-4-9(14)6-11(10)15;/h4-6,8H,7,16H2,1-3H3,(H,17,18);1H. The molecule has 108 valence electrons. The van der Waals surface area contributed by atoms with Crippen molar-refractivity contribution < 1.29 is 4.79 Å². The minimum absolute atomic E-state index is 0. The molecule has 3 nitrogen and oxygen atoms in total. The smallest absolute Gasteiger partial charge is 0.253 e. The van der Waals surface area contributed by atoms with Gasteiger partial charge >= 0.3 is 0 Å². The van der Waals surface area contributed by atoms with E-state index in [9.17, 15) is 4.79 Å². The lowest BCUT2D eigenvalue weighted by molar-refractivity contribution is 0.0883. The first-order chi connectivity index (χ1) is 8.30. The van der Waals surface area contributed by atoms with E-state index in [1.165, 1.54) is 0 Å². The minimum Gasteiger partial charge on any atom is -0.345 e. The van der Waals surface area contributed by atoms with E-state index in [-0.39, 0.29) is 24.2 Å². The Morgan fingerprint density at radius 1 is 1.42 bits per heavy atom. The highest BCUT2D eigenvalue weighted by Crippen LogP contribution is 2.22.